The number of carbonyl (C=O) groups is 1. The molecule has 0 radical (unpaired) electrons. The largest absolute Gasteiger partial charge is 0.452 e. The SMILES string of the molecule is COC(=O)N1c2ccc3c(nc(COC4CCCC4)n3C3CCCCC3)c2CC[C@@H]1C. The zero-order valence-corrected chi connectivity index (χ0v) is 18.9. The van der Waals surface area contributed by atoms with Gasteiger partial charge in [-0.3, -0.25) is 4.90 Å². The van der Waals surface area contributed by atoms with Gasteiger partial charge in [-0.15, -0.1) is 0 Å². The number of imidazole rings is 1. The minimum Gasteiger partial charge on any atom is -0.452 e. The van der Waals surface area contributed by atoms with E-state index < -0.39 is 0 Å². The molecule has 31 heavy (non-hydrogen) atoms. The zero-order valence-electron chi connectivity index (χ0n) is 18.9. The first-order valence-electron chi connectivity index (χ1n) is 12.2. The van der Waals surface area contributed by atoms with Crippen molar-refractivity contribution in [1.29, 1.82) is 0 Å². The van der Waals surface area contributed by atoms with Crippen LogP contribution in [0.1, 0.15) is 88.6 Å². The number of hydrogen-bond donors (Lipinski definition) is 0. The maximum absolute atomic E-state index is 12.5. The summed E-state index contributed by atoms with van der Waals surface area (Å²) in [4.78, 5) is 19.5. The number of rotatable bonds is 4. The van der Waals surface area contributed by atoms with E-state index in [-0.39, 0.29) is 12.1 Å². The second-order valence-corrected chi connectivity index (χ2v) is 9.57. The Labute approximate surface area is 184 Å². The Morgan fingerprint density at radius 2 is 1.81 bits per heavy atom. The quantitative estimate of drug-likeness (QED) is 0.611. The molecule has 1 aliphatic heterocycles. The van der Waals surface area contributed by atoms with Crippen molar-refractivity contribution >= 4 is 22.8 Å². The summed E-state index contributed by atoms with van der Waals surface area (Å²) in [5.74, 6) is 1.06. The molecule has 0 spiro atoms. The first-order valence-corrected chi connectivity index (χ1v) is 12.2. The lowest BCUT2D eigenvalue weighted by atomic mass is 9.94. The van der Waals surface area contributed by atoms with Gasteiger partial charge in [-0.2, -0.15) is 0 Å². The van der Waals surface area contributed by atoms with E-state index in [4.69, 9.17) is 14.5 Å². The molecule has 5 rings (SSSR count). The molecule has 3 aliphatic rings. The average Bonchev–Trinajstić information content (AvgIpc) is 3.45. The minimum absolute atomic E-state index is 0.128. The van der Waals surface area contributed by atoms with Crippen LogP contribution in [0.25, 0.3) is 11.0 Å². The summed E-state index contributed by atoms with van der Waals surface area (Å²) in [5.41, 5.74) is 4.39. The molecule has 168 valence electrons. The molecule has 1 aromatic carbocycles. The van der Waals surface area contributed by atoms with Crippen molar-refractivity contribution in [1.82, 2.24) is 9.55 Å². The number of hydrogen-bond acceptors (Lipinski definition) is 4. The van der Waals surface area contributed by atoms with E-state index in [1.807, 2.05) is 0 Å². The maximum Gasteiger partial charge on any atom is 0.414 e. The third kappa shape index (κ3) is 3.84. The highest BCUT2D eigenvalue weighted by atomic mass is 16.5. The highest BCUT2D eigenvalue weighted by molar-refractivity contribution is 5.95. The molecule has 1 aromatic heterocycles. The molecule has 0 saturated heterocycles. The van der Waals surface area contributed by atoms with E-state index in [2.05, 4.69) is 23.6 Å². The third-order valence-electron chi connectivity index (χ3n) is 7.59. The van der Waals surface area contributed by atoms with Crippen molar-refractivity contribution in [2.24, 2.45) is 0 Å². The lowest BCUT2D eigenvalue weighted by molar-refractivity contribution is 0.0392. The number of amides is 1. The molecule has 2 aromatic rings. The van der Waals surface area contributed by atoms with Gasteiger partial charge in [-0.25, -0.2) is 9.78 Å². The molecule has 0 bridgehead atoms. The van der Waals surface area contributed by atoms with E-state index in [1.165, 1.54) is 76.0 Å². The molecule has 2 fully saturated rings. The Balaban J connectivity index is 1.57. The van der Waals surface area contributed by atoms with Gasteiger partial charge in [0.15, 0.2) is 0 Å². The smallest absolute Gasteiger partial charge is 0.414 e. The summed E-state index contributed by atoms with van der Waals surface area (Å²) in [7, 11) is 1.46. The predicted octanol–water partition coefficient (Wildman–Crippen LogP) is 5.91. The number of anilines is 1. The molecule has 2 saturated carbocycles. The number of benzene rings is 1. The van der Waals surface area contributed by atoms with Crippen LogP contribution in [0.2, 0.25) is 0 Å². The normalized spacial score (nSPS) is 22.8. The van der Waals surface area contributed by atoms with E-state index in [9.17, 15) is 4.79 Å². The summed E-state index contributed by atoms with van der Waals surface area (Å²) in [6, 6.07) is 4.90. The number of carbonyl (C=O) groups excluding carboxylic acids is 1. The van der Waals surface area contributed by atoms with Gasteiger partial charge in [0.25, 0.3) is 0 Å². The molecular weight excluding hydrogens is 390 g/mol. The number of aromatic nitrogens is 2. The number of methoxy groups -OCH3 is 1. The number of fused-ring (bicyclic) bond motifs is 3. The molecule has 6 nitrogen and oxygen atoms in total. The molecular formula is C25H35N3O3. The average molecular weight is 426 g/mol. The van der Waals surface area contributed by atoms with Gasteiger partial charge < -0.3 is 14.0 Å². The lowest BCUT2D eigenvalue weighted by Gasteiger charge is -2.34. The van der Waals surface area contributed by atoms with Crippen LogP contribution in [0.4, 0.5) is 10.5 Å². The Morgan fingerprint density at radius 3 is 2.55 bits per heavy atom. The van der Waals surface area contributed by atoms with Crippen molar-refractivity contribution in [2.75, 3.05) is 12.0 Å². The number of aryl methyl sites for hydroxylation is 1. The van der Waals surface area contributed by atoms with Crippen LogP contribution in [0.15, 0.2) is 12.1 Å². The highest BCUT2D eigenvalue weighted by Gasteiger charge is 2.32. The fraction of sp³-hybridized carbons (Fsp3) is 0.680. The second-order valence-electron chi connectivity index (χ2n) is 9.57. The van der Waals surface area contributed by atoms with Crippen molar-refractivity contribution in [3.63, 3.8) is 0 Å². The number of ether oxygens (including phenoxy) is 2. The van der Waals surface area contributed by atoms with E-state index >= 15 is 0 Å². The summed E-state index contributed by atoms with van der Waals surface area (Å²) >= 11 is 0. The van der Waals surface area contributed by atoms with Crippen molar-refractivity contribution in [2.45, 2.75) is 102 Å². The topological polar surface area (TPSA) is 56.6 Å². The zero-order chi connectivity index (χ0) is 21.4. The number of nitrogens with zero attached hydrogens (tertiary/aromatic N) is 3. The Kier molecular flexibility index (Phi) is 5.91. The summed E-state index contributed by atoms with van der Waals surface area (Å²) in [6.45, 7) is 2.67. The molecule has 2 aliphatic carbocycles. The molecule has 1 atom stereocenters. The third-order valence-corrected chi connectivity index (χ3v) is 7.59. The summed E-state index contributed by atoms with van der Waals surface area (Å²) in [6.07, 6.45) is 13.2. The summed E-state index contributed by atoms with van der Waals surface area (Å²) in [5, 5.41) is 0. The van der Waals surface area contributed by atoms with Gasteiger partial charge in [0, 0.05) is 17.6 Å². The van der Waals surface area contributed by atoms with E-state index in [0.29, 0.717) is 18.8 Å². The van der Waals surface area contributed by atoms with Crippen LogP contribution in [0.5, 0.6) is 0 Å². The Hall–Kier alpha value is -2.08. The van der Waals surface area contributed by atoms with Crippen LogP contribution in [0.3, 0.4) is 0 Å². The fourth-order valence-electron chi connectivity index (χ4n) is 5.92. The standard InChI is InChI=1S/C25H35N3O3/c1-17-12-13-20-21(27(17)25(29)30-2)14-15-22-24(20)26-23(16-31-19-10-6-7-11-19)28(22)18-8-4-3-5-9-18/h14-15,17-19H,3-13,16H2,1-2H3/t17-/m0/s1. The Morgan fingerprint density at radius 1 is 1.06 bits per heavy atom. The highest BCUT2D eigenvalue weighted by Crippen LogP contribution is 2.39. The van der Waals surface area contributed by atoms with Crippen LogP contribution in [-0.4, -0.2) is 34.9 Å². The van der Waals surface area contributed by atoms with Crippen molar-refractivity contribution < 1.29 is 14.3 Å². The van der Waals surface area contributed by atoms with Gasteiger partial charge >= 0.3 is 6.09 Å². The fourth-order valence-corrected chi connectivity index (χ4v) is 5.92. The van der Waals surface area contributed by atoms with E-state index in [0.717, 1.165) is 29.9 Å². The van der Waals surface area contributed by atoms with Crippen LogP contribution < -0.4 is 4.90 Å². The molecule has 0 N–H and O–H groups in total. The minimum atomic E-state index is -0.288. The molecule has 0 unspecified atom stereocenters. The van der Waals surface area contributed by atoms with Gasteiger partial charge in [0.05, 0.1) is 29.9 Å². The van der Waals surface area contributed by atoms with Gasteiger partial charge in [-0.1, -0.05) is 32.1 Å². The second kappa shape index (κ2) is 8.81. The van der Waals surface area contributed by atoms with Crippen LogP contribution in [-0.2, 0) is 22.5 Å². The van der Waals surface area contributed by atoms with Crippen LogP contribution in [0, 0.1) is 0 Å². The Bertz CT molecular complexity index is 941. The van der Waals surface area contributed by atoms with Crippen LogP contribution >= 0.6 is 0 Å². The molecule has 2 heterocycles. The molecule has 6 heteroatoms. The predicted molar refractivity (Wildman–Crippen MR) is 122 cm³/mol. The van der Waals surface area contributed by atoms with Gasteiger partial charge in [0.1, 0.15) is 12.4 Å². The molecule has 1 amide bonds. The van der Waals surface area contributed by atoms with E-state index in [1.54, 1.807) is 4.90 Å². The lowest BCUT2D eigenvalue weighted by Crippen LogP contribution is -2.42. The van der Waals surface area contributed by atoms with Crippen molar-refractivity contribution in [3.05, 3.63) is 23.5 Å². The summed E-state index contributed by atoms with van der Waals surface area (Å²) < 4.78 is 13.9. The monoisotopic (exact) mass is 425 g/mol. The first kappa shape index (κ1) is 20.8. The van der Waals surface area contributed by atoms with Gasteiger partial charge in [-0.05, 0) is 57.6 Å². The maximum atomic E-state index is 12.5. The van der Waals surface area contributed by atoms with Gasteiger partial charge in [0.2, 0.25) is 0 Å². The van der Waals surface area contributed by atoms with Crippen molar-refractivity contribution in [3.8, 4) is 0 Å². The first-order chi connectivity index (χ1) is 15.2.